The Bertz CT molecular complexity index is 342. The molecule has 0 aromatic heterocycles. The summed E-state index contributed by atoms with van der Waals surface area (Å²) >= 11 is 0. The summed E-state index contributed by atoms with van der Waals surface area (Å²) < 4.78 is 4.59. The standard InChI is InChI=1S/C12H23N3O4/c1-8(16)15-9(10(17)19-5)6-14-7-12(2,3)11(18)13-4/h9,14H,6-7H2,1-5H3,(H,13,18)(H,15,16). The summed E-state index contributed by atoms with van der Waals surface area (Å²) in [5.41, 5.74) is -0.606. The van der Waals surface area contributed by atoms with Crippen LogP contribution < -0.4 is 16.0 Å². The molecule has 0 bridgehead atoms. The van der Waals surface area contributed by atoms with Gasteiger partial charge in [0.15, 0.2) is 0 Å². The third-order valence-electron chi connectivity index (χ3n) is 2.62. The van der Waals surface area contributed by atoms with Gasteiger partial charge in [-0.3, -0.25) is 9.59 Å². The lowest BCUT2D eigenvalue weighted by Gasteiger charge is -2.24. The molecule has 19 heavy (non-hydrogen) atoms. The number of carbonyl (C=O) groups excluding carboxylic acids is 3. The summed E-state index contributed by atoms with van der Waals surface area (Å²) in [6, 6.07) is -0.761. The van der Waals surface area contributed by atoms with E-state index in [0.717, 1.165) is 0 Å². The first kappa shape index (κ1) is 17.4. The highest BCUT2D eigenvalue weighted by atomic mass is 16.5. The van der Waals surface area contributed by atoms with E-state index in [4.69, 9.17) is 0 Å². The van der Waals surface area contributed by atoms with Crippen molar-refractivity contribution in [3.63, 3.8) is 0 Å². The average Bonchev–Trinajstić information content (AvgIpc) is 2.34. The highest BCUT2D eigenvalue weighted by Crippen LogP contribution is 2.12. The maximum absolute atomic E-state index is 11.6. The van der Waals surface area contributed by atoms with Gasteiger partial charge in [0.25, 0.3) is 0 Å². The molecule has 7 nitrogen and oxygen atoms in total. The molecule has 2 amide bonds. The van der Waals surface area contributed by atoms with Gasteiger partial charge in [-0.2, -0.15) is 0 Å². The van der Waals surface area contributed by atoms with Crippen LogP contribution in [0.5, 0.6) is 0 Å². The topological polar surface area (TPSA) is 96.5 Å². The molecule has 3 N–H and O–H groups in total. The van der Waals surface area contributed by atoms with Crippen molar-refractivity contribution >= 4 is 17.8 Å². The van der Waals surface area contributed by atoms with Crippen molar-refractivity contribution < 1.29 is 19.1 Å². The second-order valence-electron chi connectivity index (χ2n) is 4.87. The summed E-state index contributed by atoms with van der Waals surface area (Å²) in [6.45, 7) is 5.46. The maximum Gasteiger partial charge on any atom is 0.329 e. The second-order valence-corrected chi connectivity index (χ2v) is 4.87. The Balaban J connectivity index is 4.37. The molecule has 0 aliphatic heterocycles. The van der Waals surface area contributed by atoms with Crippen LogP contribution >= 0.6 is 0 Å². The number of hydrogen-bond acceptors (Lipinski definition) is 5. The first-order valence-electron chi connectivity index (χ1n) is 6.02. The number of nitrogens with one attached hydrogen (secondary N) is 3. The van der Waals surface area contributed by atoms with Crippen molar-refractivity contribution in [1.82, 2.24) is 16.0 Å². The van der Waals surface area contributed by atoms with Crippen LogP contribution in [0.15, 0.2) is 0 Å². The minimum atomic E-state index is -0.761. The molecular formula is C12H23N3O4. The summed E-state index contributed by atoms with van der Waals surface area (Å²) in [5.74, 6) is -0.947. The van der Waals surface area contributed by atoms with Gasteiger partial charge in [-0.1, -0.05) is 0 Å². The quantitative estimate of drug-likeness (QED) is 0.518. The molecule has 0 fully saturated rings. The molecular weight excluding hydrogens is 250 g/mol. The van der Waals surface area contributed by atoms with E-state index >= 15 is 0 Å². The van der Waals surface area contributed by atoms with Crippen LogP contribution in [0, 0.1) is 5.41 Å². The van der Waals surface area contributed by atoms with Gasteiger partial charge in [-0.25, -0.2) is 4.79 Å². The van der Waals surface area contributed by atoms with E-state index in [-0.39, 0.29) is 18.4 Å². The monoisotopic (exact) mass is 273 g/mol. The third-order valence-corrected chi connectivity index (χ3v) is 2.62. The van der Waals surface area contributed by atoms with E-state index in [0.29, 0.717) is 6.54 Å². The molecule has 0 saturated carbocycles. The van der Waals surface area contributed by atoms with Crippen LogP contribution in [0.1, 0.15) is 20.8 Å². The Morgan fingerprint density at radius 3 is 2.26 bits per heavy atom. The zero-order valence-corrected chi connectivity index (χ0v) is 12.1. The fourth-order valence-electron chi connectivity index (χ4n) is 1.53. The van der Waals surface area contributed by atoms with Crippen LogP contribution in [0.4, 0.5) is 0 Å². The second kappa shape index (κ2) is 7.73. The number of esters is 1. The lowest BCUT2D eigenvalue weighted by molar-refractivity contribution is -0.144. The minimum Gasteiger partial charge on any atom is -0.467 e. The van der Waals surface area contributed by atoms with Gasteiger partial charge in [0.2, 0.25) is 11.8 Å². The summed E-state index contributed by atoms with van der Waals surface area (Å²) in [6.07, 6.45) is 0. The molecule has 0 spiro atoms. The van der Waals surface area contributed by atoms with Crippen LogP contribution in [0.2, 0.25) is 0 Å². The summed E-state index contributed by atoms with van der Waals surface area (Å²) in [5, 5.41) is 8.04. The number of carbonyl (C=O) groups is 3. The van der Waals surface area contributed by atoms with E-state index < -0.39 is 17.4 Å². The van der Waals surface area contributed by atoms with Gasteiger partial charge in [-0.15, -0.1) is 0 Å². The highest BCUT2D eigenvalue weighted by Gasteiger charge is 2.27. The molecule has 0 radical (unpaired) electrons. The summed E-state index contributed by atoms with van der Waals surface area (Å²) in [7, 11) is 2.82. The van der Waals surface area contributed by atoms with Gasteiger partial charge in [0.05, 0.1) is 12.5 Å². The van der Waals surface area contributed by atoms with Gasteiger partial charge >= 0.3 is 5.97 Å². The van der Waals surface area contributed by atoms with E-state index in [9.17, 15) is 14.4 Å². The van der Waals surface area contributed by atoms with Crippen molar-refractivity contribution in [1.29, 1.82) is 0 Å². The summed E-state index contributed by atoms with van der Waals surface area (Å²) in [4.78, 5) is 34.0. The fraction of sp³-hybridized carbons (Fsp3) is 0.750. The van der Waals surface area contributed by atoms with Gasteiger partial charge in [0.1, 0.15) is 6.04 Å². The Hall–Kier alpha value is -1.63. The van der Waals surface area contributed by atoms with Crippen molar-refractivity contribution in [2.24, 2.45) is 5.41 Å². The Morgan fingerprint density at radius 2 is 1.84 bits per heavy atom. The number of ether oxygens (including phenoxy) is 1. The Morgan fingerprint density at radius 1 is 1.26 bits per heavy atom. The lowest BCUT2D eigenvalue weighted by Crippen LogP contribution is -2.50. The molecule has 0 rings (SSSR count). The molecule has 0 aliphatic carbocycles. The lowest BCUT2D eigenvalue weighted by atomic mass is 9.92. The highest BCUT2D eigenvalue weighted by molar-refractivity contribution is 5.83. The molecule has 0 heterocycles. The third kappa shape index (κ3) is 6.19. The first-order valence-corrected chi connectivity index (χ1v) is 6.02. The van der Waals surface area contributed by atoms with Crippen LogP contribution in [0.3, 0.4) is 0 Å². The van der Waals surface area contributed by atoms with Crippen LogP contribution in [0.25, 0.3) is 0 Å². The van der Waals surface area contributed by atoms with E-state index in [2.05, 4.69) is 20.7 Å². The van der Waals surface area contributed by atoms with E-state index in [1.165, 1.54) is 14.0 Å². The molecule has 0 saturated heterocycles. The molecule has 1 atom stereocenters. The number of rotatable bonds is 7. The van der Waals surface area contributed by atoms with Gasteiger partial charge < -0.3 is 20.7 Å². The van der Waals surface area contributed by atoms with Crippen molar-refractivity contribution in [3.8, 4) is 0 Å². The predicted octanol–water partition coefficient (Wildman–Crippen LogP) is -0.974. The minimum absolute atomic E-state index is 0.103. The SMILES string of the molecule is CNC(=O)C(C)(C)CNCC(NC(C)=O)C(=O)OC. The normalized spacial score (nSPS) is 12.5. The zero-order valence-electron chi connectivity index (χ0n) is 12.1. The maximum atomic E-state index is 11.6. The largest absolute Gasteiger partial charge is 0.467 e. The molecule has 0 aliphatic rings. The fourth-order valence-corrected chi connectivity index (χ4v) is 1.53. The number of hydrogen-bond donors (Lipinski definition) is 3. The predicted molar refractivity (Wildman–Crippen MR) is 70.3 cm³/mol. The molecule has 0 aromatic rings. The van der Waals surface area contributed by atoms with Crippen molar-refractivity contribution in [2.45, 2.75) is 26.8 Å². The Kier molecular flexibility index (Phi) is 7.06. The van der Waals surface area contributed by atoms with Crippen molar-refractivity contribution in [3.05, 3.63) is 0 Å². The number of methoxy groups -OCH3 is 1. The van der Waals surface area contributed by atoms with E-state index in [1.807, 2.05) is 0 Å². The van der Waals surface area contributed by atoms with Gasteiger partial charge in [-0.05, 0) is 13.8 Å². The van der Waals surface area contributed by atoms with E-state index in [1.54, 1.807) is 20.9 Å². The molecule has 7 heteroatoms. The average molecular weight is 273 g/mol. The Labute approximate surface area is 113 Å². The van der Waals surface area contributed by atoms with Gasteiger partial charge in [0, 0.05) is 27.1 Å². The first-order chi connectivity index (χ1) is 8.74. The van der Waals surface area contributed by atoms with Crippen molar-refractivity contribution in [2.75, 3.05) is 27.2 Å². The molecule has 110 valence electrons. The van der Waals surface area contributed by atoms with Crippen LogP contribution in [-0.2, 0) is 19.1 Å². The smallest absolute Gasteiger partial charge is 0.329 e. The molecule has 0 aromatic carbocycles. The number of amides is 2. The zero-order chi connectivity index (χ0) is 15.1. The molecule has 1 unspecified atom stereocenters. The van der Waals surface area contributed by atoms with Crippen LogP contribution in [-0.4, -0.2) is 51.1 Å².